The number of fused-ring (bicyclic) bond motifs is 1. The molecule has 146 valence electrons. The Morgan fingerprint density at radius 2 is 2.00 bits per heavy atom. The molecule has 1 atom stereocenters. The molecule has 4 rings (SSSR count). The van der Waals surface area contributed by atoms with Gasteiger partial charge in [0.05, 0.1) is 12.7 Å². The van der Waals surface area contributed by atoms with E-state index in [-0.39, 0.29) is 5.97 Å². The van der Waals surface area contributed by atoms with Crippen LogP contribution in [0.4, 0.5) is 0 Å². The van der Waals surface area contributed by atoms with E-state index in [1.54, 1.807) is 11.3 Å². The largest absolute Gasteiger partial charge is 0.468 e. The number of pyridine rings is 1. The second kappa shape index (κ2) is 8.81. The van der Waals surface area contributed by atoms with Crippen molar-refractivity contribution in [1.29, 1.82) is 5.26 Å². The zero-order valence-electron chi connectivity index (χ0n) is 16.1. The molecule has 0 radical (unpaired) electrons. The van der Waals surface area contributed by atoms with Crippen molar-refractivity contribution in [2.45, 2.75) is 36.0 Å². The number of esters is 1. The molecule has 0 amide bonds. The van der Waals surface area contributed by atoms with Crippen LogP contribution >= 0.6 is 23.1 Å². The fourth-order valence-electron chi connectivity index (χ4n) is 3.70. The summed E-state index contributed by atoms with van der Waals surface area (Å²) in [5.41, 5.74) is 4.63. The average Bonchev–Trinajstić information content (AvgIpc) is 3.31. The lowest BCUT2D eigenvalue weighted by atomic mass is 9.89. The van der Waals surface area contributed by atoms with Crippen molar-refractivity contribution in [2.24, 2.45) is 0 Å². The Morgan fingerprint density at radius 3 is 2.69 bits per heavy atom. The van der Waals surface area contributed by atoms with Crippen LogP contribution in [0.5, 0.6) is 0 Å². The first kappa shape index (κ1) is 19.7. The predicted molar refractivity (Wildman–Crippen MR) is 116 cm³/mol. The highest BCUT2D eigenvalue weighted by atomic mass is 32.2. The standard InChI is InChI=1S/C23H20N2O2S2/c1-27-23(26)21(15-8-3-2-4-9-15)29-22-17(14-24)20(19-12-7-13-28-19)16-10-5-6-11-18(16)25-22/h2-4,7-9,12-13,21H,5-6,10-11H2,1H3. The number of nitrogens with zero attached hydrogens (tertiary/aromatic N) is 2. The van der Waals surface area contributed by atoms with Crippen LogP contribution in [0.2, 0.25) is 0 Å². The number of hydrogen-bond donors (Lipinski definition) is 0. The smallest absolute Gasteiger partial charge is 0.323 e. The molecule has 4 nitrogen and oxygen atoms in total. The lowest BCUT2D eigenvalue weighted by molar-refractivity contribution is -0.140. The van der Waals surface area contributed by atoms with Crippen LogP contribution in [0.25, 0.3) is 10.4 Å². The molecule has 3 aromatic rings. The maximum Gasteiger partial charge on any atom is 0.323 e. The maximum atomic E-state index is 12.6. The zero-order valence-corrected chi connectivity index (χ0v) is 17.7. The van der Waals surface area contributed by atoms with Gasteiger partial charge in [0.15, 0.2) is 0 Å². The van der Waals surface area contributed by atoms with Crippen molar-refractivity contribution in [3.05, 3.63) is 70.2 Å². The third-order valence-corrected chi connectivity index (χ3v) is 7.17. The topological polar surface area (TPSA) is 63.0 Å². The first-order valence-electron chi connectivity index (χ1n) is 9.52. The van der Waals surface area contributed by atoms with Crippen molar-refractivity contribution in [1.82, 2.24) is 4.98 Å². The van der Waals surface area contributed by atoms with E-state index in [0.29, 0.717) is 10.6 Å². The van der Waals surface area contributed by atoms with Crippen molar-refractivity contribution < 1.29 is 9.53 Å². The van der Waals surface area contributed by atoms with E-state index in [0.717, 1.165) is 47.4 Å². The van der Waals surface area contributed by atoms with Crippen LogP contribution in [-0.2, 0) is 22.4 Å². The molecule has 29 heavy (non-hydrogen) atoms. The van der Waals surface area contributed by atoms with Gasteiger partial charge >= 0.3 is 5.97 Å². The van der Waals surface area contributed by atoms with Crippen LogP contribution in [0.3, 0.4) is 0 Å². The fourth-order valence-corrected chi connectivity index (χ4v) is 5.64. The highest BCUT2D eigenvalue weighted by Crippen LogP contribution is 2.43. The molecule has 0 bridgehead atoms. The van der Waals surface area contributed by atoms with Gasteiger partial charge < -0.3 is 4.74 Å². The molecule has 1 unspecified atom stereocenters. The number of carbonyl (C=O) groups is 1. The van der Waals surface area contributed by atoms with Gasteiger partial charge in [-0.15, -0.1) is 11.3 Å². The third kappa shape index (κ3) is 3.93. The summed E-state index contributed by atoms with van der Waals surface area (Å²) in [5.74, 6) is -0.345. The monoisotopic (exact) mass is 420 g/mol. The van der Waals surface area contributed by atoms with Crippen LogP contribution in [0, 0.1) is 11.3 Å². The van der Waals surface area contributed by atoms with Gasteiger partial charge in [-0.1, -0.05) is 48.2 Å². The van der Waals surface area contributed by atoms with E-state index in [4.69, 9.17) is 9.72 Å². The summed E-state index contributed by atoms with van der Waals surface area (Å²) in [4.78, 5) is 18.5. The van der Waals surface area contributed by atoms with E-state index in [1.165, 1.54) is 24.4 Å². The van der Waals surface area contributed by atoms with Crippen molar-refractivity contribution in [2.75, 3.05) is 7.11 Å². The Kier molecular flexibility index (Phi) is 5.98. The van der Waals surface area contributed by atoms with Crippen LogP contribution in [0.1, 0.15) is 40.5 Å². The molecule has 0 fully saturated rings. The third-order valence-electron chi connectivity index (χ3n) is 5.07. The molecule has 1 aromatic carbocycles. The molecule has 1 aliphatic carbocycles. The Balaban J connectivity index is 1.86. The fraction of sp³-hybridized carbons (Fsp3) is 0.261. The number of methoxy groups -OCH3 is 1. The van der Waals surface area contributed by atoms with E-state index in [1.807, 2.05) is 41.8 Å². The van der Waals surface area contributed by atoms with E-state index >= 15 is 0 Å². The van der Waals surface area contributed by atoms with E-state index in [2.05, 4.69) is 12.1 Å². The molecule has 6 heteroatoms. The Labute approximate surface area is 178 Å². The average molecular weight is 421 g/mol. The van der Waals surface area contributed by atoms with Gasteiger partial charge in [-0.05, 0) is 48.3 Å². The van der Waals surface area contributed by atoms with Gasteiger partial charge in [0.2, 0.25) is 0 Å². The number of aromatic nitrogens is 1. The van der Waals surface area contributed by atoms with Crippen LogP contribution < -0.4 is 0 Å². The molecule has 2 heterocycles. The van der Waals surface area contributed by atoms with Gasteiger partial charge in [0.1, 0.15) is 16.3 Å². The van der Waals surface area contributed by atoms with Crippen LogP contribution in [-0.4, -0.2) is 18.1 Å². The minimum absolute atomic E-state index is 0.345. The number of ether oxygens (including phenoxy) is 1. The number of rotatable bonds is 5. The number of benzene rings is 1. The van der Waals surface area contributed by atoms with Crippen molar-refractivity contribution >= 4 is 29.1 Å². The molecule has 0 spiro atoms. The number of thioether (sulfide) groups is 1. The minimum Gasteiger partial charge on any atom is -0.468 e. The van der Waals surface area contributed by atoms with E-state index < -0.39 is 5.25 Å². The van der Waals surface area contributed by atoms with Gasteiger partial charge in [-0.2, -0.15) is 5.26 Å². The Morgan fingerprint density at radius 1 is 1.21 bits per heavy atom. The number of hydrogen-bond acceptors (Lipinski definition) is 6. The molecule has 0 aliphatic heterocycles. The molecular weight excluding hydrogens is 400 g/mol. The molecule has 0 saturated carbocycles. The lowest BCUT2D eigenvalue weighted by Gasteiger charge is -2.22. The number of aryl methyl sites for hydroxylation is 1. The lowest BCUT2D eigenvalue weighted by Crippen LogP contribution is -2.14. The van der Waals surface area contributed by atoms with Gasteiger partial charge in [-0.25, -0.2) is 4.98 Å². The summed E-state index contributed by atoms with van der Waals surface area (Å²) in [6.45, 7) is 0. The van der Waals surface area contributed by atoms with Crippen molar-refractivity contribution in [3.63, 3.8) is 0 Å². The number of thiophene rings is 1. The van der Waals surface area contributed by atoms with Gasteiger partial charge in [0.25, 0.3) is 0 Å². The first-order chi connectivity index (χ1) is 14.2. The maximum absolute atomic E-state index is 12.6. The quantitative estimate of drug-likeness (QED) is 0.399. The van der Waals surface area contributed by atoms with Gasteiger partial charge in [0, 0.05) is 16.1 Å². The minimum atomic E-state index is -0.571. The SMILES string of the molecule is COC(=O)C(Sc1nc2c(c(-c3cccs3)c1C#N)CCCC2)c1ccccc1. The number of carbonyl (C=O) groups excluding carboxylic acids is 1. The van der Waals surface area contributed by atoms with E-state index in [9.17, 15) is 10.1 Å². The molecule has 1 aliphatic rings. The Bertz CT molecular complexity index is 1060. The summed E-state index contributed by atoms with van der Waals surface area (Å²) >= 11 is 2.94. The highest BCUT2D eigenvalue weighted by molar-refractivity contribution is 8.00. The Hall–Kier alpha value is -2.62. The molecule has 0 N–H and O–H groups in total. The van der Waals surface area contributed by atoms with Crippen molar-refractivity contribution in [3.8, 4) is 16.5 Å². The summed E-state index contributed by atoms with van der Waals surface area (Å²) in [6, 6.07) is 16.0. The molecular formula is C23H20N2O2S2. The first-order valence-corrected chi connectivity index (χ1v) is 11.3. The molecule has 0 saturated heterocycles. The zero-order chi connectivity index (χ0) is 20.2. The molecule has 2 aromatic heterocycles. The summed E-state index contributed by atoms with van der Waals surface area (Å²) < 4.78 is 5.06. The van der Waals surface area contributed by atoms with Crippen LogP contribution in [0.15, 0.2) is 52.9 Å². The predicted octanol–water partition coefficient (Wildman–Crippen LogP) is 5.57. The summed E-state index contributed by atoms with van der Waals surface area (Å²) in [5, 5.41) is 12.1. The normalized spacial score (nSPS) is 13.9. The highest BCUT2D eigenvalue weighted by Gasteiger charge is 2.29. The second-order valence-corrected chi connectivity index (χ2v) is 8.86. The second-order valence-electron chi connectivity index (χ2n) is 6.82. The summed E-state index contributed by atoms with van der Waals surface area (Å²) in [7, 11) is 1.39. The van der Waals surface area contributed by atoms with Gasteiger partial charge in [-0.3, -0.25) is 4.79 Å². The number of nitriles is 1. The summed E-state index contributed by atoms with van der Waals surface area (Å²) in [6.07, 6.45) is 4.05.